The number of likely N-dealkylation sites (N-methyl/N-ethyl adjacent to an activating group) is 1. The second kappa shape index (κ2) is 5.89. The van der Waals surface area contributed by atoms with Gasteiger partial charge in [-0.25, -0.2) is 0 Å². The Kier molecular flexibility index (Phi) is 4.24. The minimum atomic E-state index is 0.157. The molecule has 0 aromatic heterocycles. The average Bonchev–Trinajstić information content (AvgIpc) is 2.42. The van der Waals surface area contributed by atoms with Crippen molar-refractivity contribution in [3.05, 3.63) is 65.2 Å². The Morgan fingerprint density at radius 1 is 1.06 bits per heavy atom. The predicted octanol–water partition coefficient (Wildman–Crippen LogP) is 3.48. The summed E-state index contributed by atoms with van der Waals surface area (Å²) in [6.45, 7) is 0.563. The van der Waals surface area contributed by atoms with Crippen LogP contribution in [0.1, 0.15) is 11.6 Å². The van der Waals surface area contributed by atoms with E-state index < -0.39 is 0 Å². The van der Waals surface area contributed by atoms with Crippen LogP contribution in [0.25, 0.3) is 0 Å². The van der Waals surface area contributed by atoms with Crippen LogP contribution in [0.2, 0.25) is 5.02 Å². The van der Waals surface area contributed by atoms with Gasteiger partial charge in [-0.3, -0.25) is 0 Å². The number of anilines is 1. The number of nitrogens with zero attached hydrogens (tertiary/aromatic N) is 1. The van der Waals surface area contributed by atoms with Gasteiger partial charge in [0.2, 0.25) is 0 Å². The second-order valence-corrected chi connectivity index (χ2v) is 4.69. The van der Waals surface area contributed by atoms with Crippen LogP contribution in [-0.4, -0.2) is 13.6 Å². The van der Waals surface area contributed by atoms with Crippen molar-refractivity contribution in [3.63, 3.8) is 0 Å². The fourth-order valence-corrected chi connectivity index (χ4v) is 2.17. The molecular formula is C15H17ClN2. The van der Waals surface area contributed by atoms with Gasteiger partial charge in [0.05, 0.1) is 6.04 Å². The highest BCUT2D eigenvalue weighted by Gasteiger charge is 2.15. The molecule has 0 saturated heterocycles. The van der Waals surface area contributed by atoms with Crippen molar-refractivity contribution in [2.24, 2.45) is 5.73 Å². The van der Waals surface area contributed by atoms with Crippen LogP contribution < -0.4 is 10.6 Å². The van der Waals surface area contributed by atoms with Gasteiger partial charge in [0.1, 0.15) is 0 Å². The van der Waals surface area contributed by atoms with E-state index in [1.165, 1.54) is 5.56 Å². The molecule has 2 rings (SSSR count). The fourth-order valence-electron chi connectivity index (χ4n) is 2.05. The normalized spacial score (nSPS) is 12.2. The zero-order valence-electron chi connectivity index (χ0n) is 10.4. The molecule has 1 atom stereocenters. The van der Waals surface area contributed by atoms with E-state index in [2.05, 4.69) is 24.1 Å². The maximum Gasteiger partial charge on any atom is 0.0661 e. The number of para-hydroxylation sites is 1. The monoisotopic (exact) mass is 260 g/mol. The van der Waals surface area contributed by atoms with Crippen LogP contribution in [0.4, 0.5) is 5.69 Å². The first-order valence-corrected chi connectivity index (χ1v) is 6.33. The van der Waals surface area contributed by atoms with Gasteiger partial charge in [-0.15, -0.1) is 0 Å². The summed E-state index contributed by atoms with van der Waals surface area (Å²) in [5.41, 5.74) is 8.24. The summed E-state index contributed by atoms with van der Waals surface area (Å²) in [4.78, 5) is 2.18. The summed E-state index contributed by atoms with van der Waals surface area (Å²) in [6, 6.07) is 18.2. The summed E-state index contributed by atoms with van der Waals surface area (Å²) in [7, 11) is 2.06. The van der Waals surface area contributed by atoms with Crippen molar-refractivity contribution in [2.75, 3.05) is 18.5 Å². The summed E-state index contributed by atoms with van der Waals surface area (Å²) in [5, 5.41) is 0.747. The van der Waals surface area contributed by atoms with Gasteiger partial charge in [-0.05, 0) is 29.8 Å². The number of hydrogen-bond donors (Lipinski definition) is 1. The molecule has 2 aromatic rings. The zero-order chi connectivity index (χ0) is 13.0. The van der Waals surface area contributed by atoms with E-state index in [0.717, 1.165) is 10.7 Å². The standard InChI is InChI=1S/C15H17ClN2/c1-18(14-5-3-2-4-6-14)15(11-17)12-7-9-13(16)10-8-12/h2-10,15H,11,17H2,1H3. The van der Waals surface area contributed by atoms with Gasteiger partial charge in [0.25, 0.3) is 0 Å². The minimum absolute atomic E-state index is 0.157. The fraction of sp³-hybridized carbons (Fsp3) is 0.200. The van der Waals surface area contributed by atoms with Crippen LogP contribution in [0.3, 0.4) is 0 Å². The molecule has 0 bridgehead atoms. The first kappa shape index (κ1) is 12.9. The zero-order valence-corrected chi connectivity index (χ0v) is 11.1. The van der Waals surface area contributed by atoms with Crippen molar-refractivity contribution in [1.29, 1.82) is 0 Å². The average molecular weight is 261 g/mol. The molecule has 0 spiro atoms. The SMILES string of the molecule is CN(c1ccccc1)C(CN)c1ccc(Cl)cc1. The maximum atomic E-state index is 5.91. The minimum Gasteiger partial charge on any atom is -0.366 e. The Bertz CT molecular complexity index is 482. The Labute approximate surface area is 113 Å². The van der Waals surface area contributed by atoms with Crippen LogP contribution in [0, 0.1) is 0 Å². The summed E-state index contributed by atoms with van der Waals surface area (Å²) >= 11 is 5.91. The predicted molar refractivity (Wildman–Crippen MR) is 78.1 cm³/mol. The molecule has 0 amide bonds. The number of halogens is 1. The highest BCUT2D eigenvalue weighted by Crippen LogP contribution is 2.25. The Hall–Kier alpha value is -1.51. The van der Waals surface area contributed by atoms with E-state index in [4.69, 9.17) is 17.3 Å². The molecule has 0 radical (unpaired) electrons. The molecule has 2 nitrogen and oxygen atoms in total. The van der Waals surface area contributed by atoms with Gasteiger partial charge >= 0.3 is 0 Å². The van der Waals surface area contributed by atoms with Gasteiger partial charge in [-0.2, -0.15) is 0 Å². The number of rotatable bonds is 4. The van der Waals surface area contributed by atoms with Gasteiger partial charge in [0.15, 0.2) is 0 Å². The molecule has 0 aliphatic heterocycles. The lowest BCUT2D eigenvalue weighted by molar-refractivity contribution is 0.681. The highest BCUT2D eigenvalue weighted by molar-refractivity contribution is 6.30. The van der Waals surface area contributed by atoms with Gasteiger partial charge < -0.3 is 10.6 Å². The Morgan fingerprint density at radius 3 is 2.22 bits per heavy atom. The summed E-state index contributed by atoms with van der Waals surface area (Å²) in [5.74, 6) is 0. The molecule has 0 fully saturated rings. The lowest BCUT2D eigenvalue weighted by Crippen LogP contribution is -2.30. The number of benzene rings is 2. The summed E-state index contributed by atoms with van der Waals surface area (Å²) in [6.07, 6.45) is 0. The number of hydrogen-bond acceptors (Lipinski definition) is 2. The van der Waals surface area contributed by atoms with Crippen LogP contribution >= 0.6 is 11.6 Å². The third kappa shape index (κ3) is 2.84. The van der Waals surface area contributed by atoms with Crippen molar-refractivity contribution < 1.29 is 0 Å². The van der Waals surface area contributed by atoms with E-state index >= 15 is 0 Å². The van der Waals surface area contributed by atoms with Crippen LogP contribution in [0.15, 0.2) is 54.6 Å². The topological polar surface area (TPSA) is 29.3 Å². The second-order valence-electron chi connectivity index (χ2n) is 4.25. The van der Waals surface area contributed by atoms with E-state index in [-0.39, 0.29) is 6.04 Å². The van der Waals surface area contributed by atoms with Gasteiger partial charge in [0, 0.05) is 24.3 Å². The highest BCUT2D eigenvalue weighted by atomic mass is 35.5. The first-order valence-electron chi connectivity index (χ1n) is 5.96. The molecule has 2 aromatic carbocycles. The van der Waals surface area contributed by atoms with E-state index in [0.29, 0.717) is 6.54 Å². The van der Waals surface area contributed by atoms with Gasteiger partial charge in [-0.1, -0.05) is 41.9 Å². The first-order chi connectivity index (χ1) is 8.72. The molecular weight excluding hydrogens is 244 g/mol. The van der Waals surface area contributed by atoms with Crippen molar-refractivity contribution in [1.82, 2.24) is 0 Å². The lowest BCUT2D eigenvalue weighted by atomic mass is 10.1. The smallest absolute Gasteiger partial charge is 0.0661 e. The van der Waals surface area contributed by atoms with Crippen molar-refractivity contribution >= 4 is 17.3 Å². The molecule has 1 unspecified atom stereocenters. The molecule has 0 heterocycles. The number of nitrogens with two attached hydrogens (primary N) is 1. The molecule has 18 heavy (non-hydrogen) atoms. The lowest BCUT2D eigenvalue weighted by Gasteiger charge is -2.29. The molecule has 94 valence electrons. The maximum absolute atomic E-state index is 5.91. The largest absolute Gasteiger partial charge is 0.366 e. The van der Waals surface area contributed by atoms with E-state index in [1.807, 2.05) is 42.5 Å². The Morgan fingerprint density at radius 2 is 1.67 bits per heavy atom. The quantitative estimate of drug-likeness (QED) is 0.912. The molecule has 2 N–H and O–H groups in total. The van der Waals surface area contributed by atoms with E-state index in [1.54, 1.807) is 0 Å². The molecule has 0 aliphatic carbocycles. The third-order valence-corrected chi connectivity index (χ3v) is 3.36. The third-order valence-electron chi connectivity index (χ3n) is 3.11. The molecule has 0 saturated carbocycles. The molecule has 3 heteroatoms. The van der Waals surface area contributed by atoms with Crippen LogP contribution in [0.5, 0.6) is 0 Å². The summed E-state index contributed by atoms with van der Waals surface area (Å²) < 4.78 is 0. The Balaban J connectivity index is 2.26. The van der Waals surface area contributed by atoms with Crippen molar-refractivity contribution in [2.45, 2.75) is 6.04 Å². The van der Waals surface area contributed by atoms with E-state index in [9.17, 15) is 0 Å². The molecule has 0 aliphatic rings. The van der Waals surface area contributed by atoms with Crippen molar-refractivity contribution in [3.8, 4) is 0 Å². The van der Waals surface area contributed by atoms with Crippen LogP contribution in [-0.2, 0) is 0 Å².